The van der Waals surface area contributed by atoms with Crippen LogP contribution in [0.15, 0.2) is 12.7 Å². The molecule has 0 aromatic heterocycles. The number of likely N-dealkylation sites (N-methyl/N-ethyl adjacent to an activating group) is 1. The Morgan fingerprint density at radius 3 is 2.92 bits per heavy atom. The van der Waals surface area contributed by atoms with Crippen LogP contribution in [0.25, 0.3) is 0 Å². The highest BCUT2D eigenvalue weighted by Gasteiger charge is 2.16. The number of nitriles is 1. The minimum absolute atomic E-state index is 0.0855. The fourth-order valence-electron chi connectivity index (χ4n) is 0.769. The first-order valence-corrected chi connectivity index (χ1v) is 4.09. The topological polar surface area (TPSA) is 56.1 Å². The van der Waals surface area contributed by atoms with Gasteiger partial charge in [-0.15, -0.1) is 6.58 Å². The zero-order valence-electron chi connectivity index (χ0n) is 8.08. The van der Waals surface area contributed by atoms with E-state index in [1.165, 1.54) is 0 Å². The number of nitrogens with one attached hydrogen (secondary N) is 1. The molecule has 0 saturated carbocycles. The molecule has 0 aliphatic heterocycles. The summed E-state index contributed by atoms with van der Waals surface area (Å²) >= 11 is 0. The van der Waals surface area contributed by atoms with Gasteiger partial charge in [0.05, 0.1) is 18.7 Å². The molecule has 4 nitrogen and oxygen atoms in total. The molecular weight excluding hydrogens is 166 g/mol. The average molecular weight is 181 g/mol. The van der Waals surface area contributed by atoms with Crippen LogP contribution in [0, 0.1) is 11.3 Å². The molecule has 1 amide bonds. The van der Waals surface area contributed by atoms with E-state index in [9.17, 15) is 4.79 Å². The van der Waals surface area contributed by atoms with Crippen molar-refractivity contribution in [3.05, 3.63) is 12.7 Å². The highest BCUT2D eigenvalue weighted by atomic mass is 16.2. The molecule has 1 N–H and O–H groups in total. The van der Waals surface area contributed by atoms with Crippen LogP contribution in [-0.4, -0.2) is 37.0 Å². The Kier molecular flexibility index (Phi) is 5.57. The standard InChI is InChI=1S/C9H15N3O/c1-4-6-11-9(13)8(2)12(3)7-5-10/h4,8H,1,6-7H2,2-3H3,(H,11,13). The number of carbonyl (C=O) groups is 1. The molecule has 0 saturated heterocycles. The molecule has 0 spiro atoms. The van der Waals surface area contributed by atoms with Crippen molar-refractivity contribution in [2.45, 2.75) is 13.0 Å². The van der Waals surface area contributed by atoms with E-state index in [2.05, 4.69) is 11.9 Å². The van der Waals surface area contributed by atoms with Crippen molar-refractivity contribution in [1.29, 1.82) is 5.26 Å². The Bertz CT molecular complexity index is 219. The van der Waals surface area contributed by atoms with E-state index in [-0.39, 0.29) is 18.5 Å². The monoisotopic (exact) mass is 181 g/mol. The molecule has 1 atom stereocenters. The van der Waals surface area contributed by atoms with E-state index >= 15 is 0 Å². The molecule has 0 aromatic carbocycles. The summed E-state index contributed by atoms with van der Waals surface area (Å²) in [4.78, 5) is 13.0. The highest BCUT2D eigenvalue weighted by molar-refractivity contribution is 5.81. The summed E-state index contributed by atoms with van der Waals surface area (Å²) < 4.78 is 0. The van der Waals surface area contributed by atoms with Crippen molar-refractivity contribution in [3.8, 4) is 6.07 Å². The summed E-state index contributed by atoms with van der Waals surface area (Å²) in [6, 6.07) is 1.71. The zero-order chi connectivity index (χ0) is 10.3. The number of hydrogen-bond donors (Lipinski definition) is 1. The quantitative estimate of drug-likeness (QED) is 0.484. The zero-order valence-corrected chi connectivity index (χ0v) is 8.08. The third-order valence-corrected chi connectivity index (χ3v) is 1.78. The van der Waals surface area contributed by atoms with E-state index in [0.717, 1.165) is 0 Å². The Morgan fingerprint density at radius 2 is 2.46 bits per heavy atom. The van der Waals surface area contributed by atoms with Crippen LogP contribution in [0.3, 0.4) is 0 Å². The molecule has 0 rings (SSSR count). The van der Waals surface area contributed by atoms with Gasteiger partial charge < -0.3 is 5.32 Å². The summed E-state index contributed by atoms with van der Waals surface area (Å²) in [5.74, 6) is -0.0855. The van der Waals surface area contributed by atoms with Gasteiger partial charge in [0.2, 0.25) is 5.91 Å². The van der Waals surface area contributed by atoms with Gasteiger partial charge in [0.15, 0.2) is 0 Å². The fraction of sp³-hybridized carbons (Fsp3) is 0.556. The molecule has 0 heterocycles. The predicted octanol–water partition coefficient (Wildman–Crippen LogP) is 0.132. The van der Waals surface area contributed by atoms with E-state index in [4.69, 9.17) is 5.26 Å². The first kappa shape index (κ1) is 11.7. The second-order valence-electron chi connectivity index (χ2n) is 2.78. The molecule has 0 aliphatic rings. The van der Waals surface area contributed by atoms with Gasteiger partial charge in [-0.25, -0.2) is 0 Å². The lowest BCUT2D eigenvalue weighted by Gasteiger charge is -2.20. The first-order chi connectivity index (χ1) is 6.13. The normalized spacial score (nSPS) is 11.8. The SMILES string of the molecule is C=CCNC(=O)C(C)N(C)CC#N. The lowest BCUT2D eigenvalue weighted by molar-refractivity contribution is -0.125. The Labute approximate surface area is 78.8 Å². The summed E-state index contributed by atoms with van der Waals surface area (Å²) in [6.07, 6.45) is 1.62. The van der Waals surface area contributed by atoms with E-state index in [1.807, 2.05) is 6.07 Å². The molecule has 1 unspecified atom stereocenters. The van der Waals surface area contributed by atoms with Crippen molar-refractivity contribution in [2.75, 3.05) is 20.1 Å². The second-order valence-corrected chi connectivity index (χ2v) is 2.78. The lowest BCUT2D eigenvalue weighted by Crippen LogP contribution is -2.43. The maximum Gasteiger partial charge on any atom is 0.237 e. The van der Waals surface area contributed by atoms with Crippen LogP contribution in [0.5, 0.6) is 0 Å². The predicted molar refractivity (Wildman–Crippen MR) is 50.9 cm³/mol. The second kappa shape index (κ2) is 6.21. The number of rotatable bonds is 5. The first-order valence-electron chi connectivity index (χ1n) is 4.09. The smallest absolute Gasteiger partial charge is 0.237 e. The minimum atomic E-state index is -0.278. The van der Waals surface area contributed by atoms with Crippen LogP contribution in [0.1, 0.15) is 6.92 Å². The fourth-order valence-corrected chi connectivity index (χ4v) is 0.769. The molecule has 13 heavy (non-hydrogen) atoms. The molecule has 4 heteroatoms. The number of hydrogen-bond acceptors (Lipinski definition) is 3. The average Bonchev–Trinajstić information content (AvgIpc) is 2.13. The molecule has 0 aliphatic carbocycles. The number of nitrogens with zero attached hydrogens (tertiary/aromatic N) is 2. The van der Waals surface area contributed by atoms with E-state index in [0.29, 0.717) is 6.54 Å². The van der Waals surface area contributed by atoms with E-state index < -0.39 is 0 Å². The van der Waals surface area contributed by atoms with E-state index in [1.54, 1.807) is 24.9 Å². The van der Waals surface area contributed by atoms with Crippen LogP contribution in [0.4, 0.5) is 0 Å². The van der Waals surface area contributed by atoms with Gasteiger partial charge >= 0.3 is 0 Å². The molecular formula is C9H15N3O. The van der Waals surface area contributed by atoms with Crippen molar-refractivity contribution >= 4 is 5.91 Å². The van der Waals surface area contributed by atoms with Crippen LogP contribution >= 0.6 is 0 Å². The van der Waals surface area contributed by atoms with Gasteiger partial charge in [0.25, 0.3) is 0 Å². The maximum atomic E-state index is 11.3. The highest BCUT2D eigenvalue weighted by Crippen LogP contribution is 1.93. The summed E-state index contributed by atoms with van der Waals surface area (Å²) in [5, 5.41) is 11.1. The van der Waals surface area contributed by atoms with Crippen LogP contribution < -0.4 is 5.32 Å². The van der Waals surface area contributed by atoms with Crippen molar-refractivity contribution in [3.63, 3.8) is 0 Å². The Morgan fingerprint density at radius 1 is 1.85 bits per heavy atom. The van der Waals surface area contributed by atoms with Crippen LogP contribution in [-0.2, 0) is 4.79 Å². The molecule has 0 fully saturated rings. The minimum Gasteiger partial charge on any atom is -0.351 e. The molecule has 0 bridgehead atoms. The number of amides is 1. The summed E-state index contributed by atoms with van der Waals surface area (Å²) in [7, 11) is 1.74. The third-order valence-electron chi connectivity index (χ3n) is 1.78. The van der Waals surface area contributed by atoms with Crippen molar-refractivity contribution in [1.82, 2.24) is 10.2 Å². The maximum absolute atomic E-state index is 11.3. The van der Waals surface area contributed by atoms with Crippen molar-refractivity contribution < 1.29 is 4.79 Å². The Balaban J connectivity index is 3.94. The summed E-state index contributed by atoms with van der Waals surface area (Å²) in [6.45, 7) is 5.97. The van der Waals surface area contributed by atoms with Crippen molar-refractivity contribution in [2.24, 2.45) is 0 Å². The van der Waals surface area contributed by atoms with Gasteiger partial charge in [0.1, 0.15) is 0 Å². The van der Waals surface area contributed by atoms with Gasteiger partial charge in [-0.05, 0) is 14.0 Å². The molecule has 72 valence electrons. The van der Waals surface area contributed by atoms with Gasteiger partial charge in [-0.1, -0.05) is 6.08 Å². The van der Waals surface area contributed by atoms with Gasteiger partial charge in [0, 0.05) is 6.54 Å². The van der Waals surface area contributed by atoms with Gasteiger partial charge in [-0.3, -0.25) is 9.69 Å². The third kappa shape index (κ3) is 4.28. The molecule has 0 aromatic rings. The largest absolute Gasteiger partial charge is 0.351 e. The van der Waals surface area contributed by atoms with Gasteiger partial charge in [-0.2, -0.15) is 5.26 Å². The Hall–Kier alpha value is -1.34. The molecule has 0 radical (unpaired) electrons. The number of carbonyl (C=O) groups excluding carboxylic acids is 1. The summed E-state index contributed by atoms with van der Waals surface area (Å²) in [5.41, 5.74) is 0. The van der Waals surface area contributed by atoms with Crippen LogP contribution in [0.2, 0.25) is 0 Å². The lowest BCUT2D eigenvalue weighted by atomic mass is 10.3.